The Morgan fingerprint density at radius 1 is 1.13 bits per heavy atom. The van der Waals surface area contributed by atoms with Crippen LogP contribution in [0.5, 0.6) is 0 Å². The number of hydrogen-bond acceptors (Lipinski definition) is 6. The number of hydrogen-bond donors (Lipinski definition) is 0. The zero-order chi connectivity index (χ0) is 16.8. The van der Waals surface area contributed by atoms with E-state index in [9.17, 15) is 9.59 Å². The van der Waals surface area contributed by atoms with Gasteiger partial charge in [-0.05, 0) is 18.2 Å². The molecule has 0 saturated heterocycles. The summed E-state index contributed by atoms with van der Waals surface area (Å²) in [6, 6.07) is 11.8. The minimum absolute atomic E-state index is 0.186. The maximum atomic E-state index is 11.8. The lowest BCUT2D eigenvalue weighted by molar-refractivity contribution is -0.135. The quantitative estimate of drug-likeness (QED) is 0.490. The second kappa shape index (κ2) is 7.09. The summed E-state index contributed by atoms with van der Waals surface area (Å²) in [4.78, 5) is 23.2. The van der Waals surface area contributed by atoms with Gasteiger partial charge >= 0.3 is 11.9 Å². The molecule has 0 fully saturated rings. The van der Waals surface area contributed by atoms with Gasteiger partial charge in [-0.2, -0.15) is 5.26 Å². The topological polar surface area (TPSA) is 89.5 Å². The van der Waals surface area contributed by atoms with Crippen LogP contribution in [0, 0.1) is 11.3 Å². The molecule has 0 spiro atoms. The van der Waals surface area contributed by atoms with E-state index in [1.807, 2.05) is 0 Å². The third kappa shape index (κ3) is 3.47. The molecule has 0 bridgehead atoms. The predicted octanol–water partition coefficient (Wildman–Crippen LogP) is 2.81. The first-order chi connectivity index (χ1) is 11.1. The van der Waals surface area contributed by atoms with Crippen LogP contribution in [0.1, 0.15) is 16.1 Å². The Morgan fingerprint density at radius 2 is 1.87 bits per heavy atom. The molecule has 0 radical (unpaired) electrons. The van der Waals surface area contributed by atoms with Gasteiger partial charge in [0.25, 0.3) is 0 Å². The Hall–Kier alpha value is -3.33. The van der Waals surface area contributed by atoms with Crippen molar-refractivity contribution in [2.75, 3.05) is 14.2 Å². The molecule has 0 saturated carbocycles. The molecule has 0 N–H and O–H groups in total. The number of carbonyl (C=O) groups is 2. The van der Waals surface area contributed by atoms with Crippen LogP contribution < -0.4 is 0 Å². The largest absolute Gasteiger partial charge is 0.465 e. The highest BCUT2D eigenvalue weighted by atomic mass is 16.5. The van der Waals surface area contributed by atoms with Crippen LogP contribution in [0.15, 0.2) is 46.4 Å². The van der Waals surface area contributed by atoms with E-state index in [-0.39, 0.29) is 5.57 Å². The van der Waals surface area contributed by atoms with Gasteiger partial charge in [-0.3, -0.25) is 0 Å². The molecule has 0 aliphatic rings. The Morgan fingerprint density at radius 3 is 2.52 bits per heavy atom. The van der Waals surface area contributed by atoms with Crippen LogP contribution in [0.4, 0.5) is 0 Å². The number of furan rings is 1. The van der Waals surface area contributed by atoms with Gasteiger partial charge < -0.3 is 13.9 Å². The van der Waals surface area contributed by atoms with Crippen LogP contribution >= 0.6 is 0 Å². The van der Waals surface area contributed by atoms with Gasteiger partial charge in [-0.25, -0.2) is 9.59 Å². The minimum atomic E-state index is -0.750. The summed E-state index contributed by atoms with van der Waals surface area (Å²) < 4.78 is 14.8. The number of ether oxygens (including phenoxy) is 2. The fraction of sp³-hybridized carbons (Fsp3) is 0.118. The van der Waals surface area contributed by atoms with E-state index in [1.165, 1.54) is 20.3 Å². The van der Waals surface area contributed by atoms with E-state index in [0.717, 1.165) is 0 Å². The van der Waals surface area contributed by atoms with Gasteiger partial charge in [-0.1, -0.05) is 18.2 Å². The SMILES string of the molecule is COC(=O)/C(C#N)=C/c1ccc(-c2ccccc2C(=O)OC)o1. The molecule has 1 aromatic heterocycles. The molecule has 6 nitrogen and oxygen atoms in total. The maximum absolute atomic E-state index is 11.8. The number of nitriles is 1. The van der Waals surface area contributed by atoms with Crippen LogP contribution in [0.25, 0.3) is 17.4 Å². The van der Waals surface area contributed by atoms with Crippen LogP contribution in [-0.2, 0) is 14.3 Å². The van der Waals surface area contributed by atoms with Crippen LogP contribution in [0.2, 0.25) is 0 Å². The van der Waals surface area contributed by atoms with Crippen molar-refractivity contribution in [2.45, 2.75) is 0 Å². The molecule has 0 aliphatic heterocycles. The van der Waals surface area contributed by atoms with Crippen LogP contribution in [0.3, 0.4) is 0 Å². The predicted molar refractivity (Wildman–Crippen MR) is 81.1 cm³/mol. The fourth-order valence-electron chi connectivity index (χ4n) is 1.95. The monoisotopic (exact) mass is 311 g/mol. The van der Waals surface area contributed by atoms with E-state index in [0.29, 0.717) is 22.6 Å². The molecule has 0 amide bonds. The second-order valence-electron chi connectivity index (χ2n) is 4.40. The molecule has 2 rings (SSSR count). The highest BCUT2D eigenvalue weighted by Crippen LogP contribution is 2.27. The van der Waals surface area contributed by atoms with E-state index in [2.05, 4.69) is 4.74 Å². The molecule has 0 unspecified atom stereocenters. The summed E-state index contributed by atoms with van der Waals surface area (Å²) in [6.07, 6.45) is 1.27. The molecular formula is C17H13NO5. The van der Waals surface area contributed by atoms with Crippen LogP contribution in [-0.4, -0.2) is 26.2 Å². The Bertz CT molecular complexity index is 810. The lowest BCUT2D eigenvalue weighted by atomic mass is 10.1. The molecule has 116 valence electrons. The first-order valence-electron chi connectivity index (χ1n) is 6.58. The highest BCUT2D eigenvalue weighted by molar-refractivity contribution is 5.98. The van der Waals surface area contributed by atoms with Gasteiger partial charge in [0.2, 0.25) is 0 Å². The Kier molecular flexibility index (Phi) is 4.95. The van der Waals surface area contributed by atoms with Gasteiger partial charge in [0.05, 0.1) is 19.8 Å². The summed E-state index contributed by atoms with van der Waals surface area (Å²) >= 11 is 0. The van der Waals surface area contributed by atoms with Crippen molar-refractivity contribution in [1.82, 2.24) is 0 Å². The van der Waals surface area contributed by atoms with Gasteiger partial charge in [0.15, 0.2) is 0 Å². The molecule has 0 atom stereocenters. The van der Waals surface area contributed by atoms with Crippen molar-refractivity contribution in [3.8, 4) is 17.4 Å². The standard InChI is InChI=1S/C17H13NO5/c1-21-16(19)11(10-18)9-12-7-8-15(23-12)13-5-3-4-6-14(13)17(20)22-2/h3-9H,1-2H3/b11-9+. The molecule has 0 aliphatic carbocycles. The number of methoxy groups -OCH3 is 2. The van der Waals surface area contributed by atoms with Crippen molar-refractivity contribution in [3.63, 3.8) is 0 Å². The third-order valence-electron chi connectivity index (χ3n) is 3.04. The normalized spacial score (nSPS) is 10.7. The van der Waals surface area contributed by atoms with E-state index >= 15 is 0 Å². The molecular weight excluding hydrogens is 298 g/mol. The van der Waals surface area contributed by atoms with E-state index in [1.54, 1.807) is 42.5 Å². The van der Waals surface area contributed by atoms with Gasteiger partial charge in [0.1, 0.15) is 23.2 Å². The summed E-state index contributed by atoms with van der Waals surface area (Å²) in [5.74, 6) is -0.525. The molecule has 6 heteroatoms. The summed E-state index contributed by atoms with van der Waals surface area (Å²) in [5.41, 5.74) is 0.721. The Labute approximate surface area is 132 Å². The number of benzene rings is 1. The lowest BCUT2D eigenvalue weighted by Gasteiger charge is -2.04. The van der Waals surface area contributed by atoms with Crippen molar-refractivity contribution in [1.29, 1.82) is 5.26 Å². The zero-order valence-corrected chi connectivity index (χ0v) is 12.5. The van der Waals surface area contributed by atoms with Gasteiger partial charge in [-0.15, -0.1) is 0 Å². The minimum Gasteiger partial charge on any atom is -0.465 e. The number of nitrogens with zero attached hydrogens (tertiary/aromatic N) is 1. The number of rotatable bonds is 4. The average Bonchev–Trinajstić information content (AvgIpc) is 3.06. The van der Waals surface area contributed by atoms with E-state index < -0.39 is 11.9 Å². The third-order valence-corrected chi connectivity index (χ3v) is 3.04. The molecule has 2 aromatic rings. The molecule has 1 aromatic carbocycles. The zero-order valence-electron chi connectivity index (χ0n) is 12.5. The Balaban J connectivity index is 2.41. The first kappa shape index (κ1) is 16.0. The lowest BCUT2D eigenvalue weighted by Crippen LogP contribution is -2.03. The summed E-state index contributed by atoms with van der Waals surface area (Å²) in [7, 11) is 2.48. The number of esters is 2. The fourth-order valence-corrected chi connectivity index (χ4v) is 1.95. The first-order valence-corrected chi connectivity index (χ1v) is 6.58. The average molecular weight is 311 g/mol. The van der Waals surface area contributed by atoms with Crippen molar-refractivity contribution >= 4 is 18.0 Å². The molecule has 1 heterocycles. The molecule has 23 heavy (non-hydrogen) atoms. The highest BCUT2D eigenvalue weighted by Gasteiger charge is 2.16. The van der Waals surface area contributed by atoms with E-state index in [4.69, 9.17) is 14.4 Å². The van der Waals surface area contributed by atoms with Crippen molar-refractivity contribution in [3.05, 3.63) is 53.3 Å². The van der Waals surface area contributed by atoms with Gasteiger partial charge in [0, 0.05) is 11.6 Å². The second-order valence-corrected chi connectivity index (χ2v) is 4.40. The number of carbonyl (C=O) groups excluding carboxylic acids is 2. The maximum Gasteiger partial charge on any atom is 0.348 e. The smallest absolute Gasteiger partial charge is 0.348 e. The summed E-state index contributed by atoms with van der Waals surface area (Å²) in [5, 5.41) is 8.94. The summed E-state index contributed by atoms with van der Waals surface area (Å²) in [6.45, 7) is 0. The van der Waals surface area contributed by atoms with Crippen molar-refractivity contribution in [2.24, 2.45) is 0 Å². The van der Waals surface area contributed by atoms with Crippen molar-refractivity contribution < 1.29 is 23.5 Å².